The monoisotopic (exact) mass is 396 g/mol. The summed E-state index contributed by atoms with van der Waals surface area (Å²) in [6.45, 7) is 6.32. The summed E-state index contributed by atoms with van der Waals surface area (Å²) in [5, 5.41) is 5.38. The average molecular weight is 397 g/mol. The molecule has 1 aliphatic heterocycles. The molecular weight excluding hydrogens is 364 g/mol. The van der Waals surface area contributed by atoms with Crippen LogP contribution in [0, 0.1) is 0 Å². The Kier molecular flexibility index (Phi) is 8.16. The lowest BCUT2D eigenvalue weighted by atomic mass is 9.92. The summed E-state index contributed by atoms with van der Waals surface area (Å²) in [5.74, 6) is -0.248. The van der Waals surface area contributed by atoms with Gasteiger partial charge in [-0.05, 0) is 55.1 Å². The molecule has 1 heterocycles. The van der Waals surface area contributed by atoms with E-state index in [4.69, 9.17) is 0 Å². The number of amides is 2. The zero-order valence-electron chi connectivity index (χ0n) is 17.3. The molecule has 6 nitrogen and oxygen atoms in total. The number of nitrogens with zero attached hydrogens (tertiary/aromatic N) is 1. The largest absolute Gasteiger partial charge is 0.317 e. The Bertz CT molecular complexity index is 837. The topological polar surface area (TPSA) is 73.5 Å². The quantitative estimate of drug-likeness (QED) is 0.292. The lowest BCUT2D eigenvalue weighted by Gasteiger charge is -2.28. The fourth-order valence-corrected chi connectivity index (χ4v) is 3.70. The Morgan fingerprint density at radius 3 is 2.52 bits per heavy atom. The van der Waals surface area contributed by atoms with Crippen LogP contribution in [-0.2, 0) is 11.2 Å². The molecule has 0 bridgehead atoms. The van der Waals surface area contributed by atoms with E-state index in [2.05, 4.69) is 23.1 Å². The minimum atomic E-state index is -0.154. The number of hydrogen-bond donors (Lipinski definition) is 3. The van der Waals surface area contributed by atoms with Crippen LogP contribution in [-0.4, -0.2) is 49.4 Å². The summed E-state index contributed by atoms with van der Waals surface area (Å²) in [5.41, 5.74) is 7.91. The first-order valence-electron chi connectivity index (χ1n) is 10.7. The lowest BCUT2D eigenvalue weighted by molar-refractivity contribution is -0.128. The average Bonchev–Trinajstić information content (AvgIpc) is 2.73. The fraction of sp³-hybridized carbons (Fsp3) is 0.478. The SMILES string of the molecule is CCCNNCCCCNCCCN1C(=O)Cc2ccc3ccccc3c2C1=O. The molecule has 156 valence electrons. The molecule has 0 unspecified atom stereocenters. The lowest BCUT2D eigenvalue weighted by Crippen LogP contribution is -2.43. The summed E-state index contributed by atoms with van der Waals surface area (Å²) in [7, 11) is 0. The predicted octanol–water partition coefficient (Wildman–Crippen LogP) is 2.63. The van der Waals surface area contributed by atoms with E-state index in [0.717, 1.165) is 68.2 Å². The van der Waals surface area contributed by atoms with Crippen LogP contribution in [0.25, 0.3) is 10.8 Å². The summed E-state index contributed by atoms with van der Waals surface area (Å²) < 4.78 is 0. The van der Waals surface area contributed by atoms with Crippen molar-refractivity contribution in [2.24, 2.45) is 0 Å². The maximum Gasteiger partial charge on any atom is 0.261 e. The van der Waals surface area contributed by atoms with Crippen LogP contribution in [0.15, 0.2) is 36.4 Å². The standard InChI is InChI=1S/C23H32N4O2/c1-2-12-25-26-15-6-5-13-24-14-7-16-27-21(28)17-19-11-10-18-8-3-4-9-20(18)22(19)23(27)29/h3-4,8-11,24-26H,2,5-7,12-17H2,1H3. The Morgan fingerprint density at radius 1 is 0.897 bits per heavy atom. The van der Waals surface area contributed by atoms with E-state index in [0.29, 0.717) is 18.5 Å². The van der Waals surface area contributed by atoms with Crippen molar-refractivity contribution < 1.29 is 9.59 Å². The van der Waals surface area contributed by atoms with Crippen molar-refractivity contribution in [3.05, 3.63) is 47.5 Å². The van der Waals surface area contributed by atoms with Gasteiger partial charge in [0.05, 0.1) is 12.0 Å². The van der Waals surface area contributed by atoms with Crippen LogP contribution in [0.4, 0.5) is 0 Å². The molecule has 0 radical (unpaired) electrons. The minimum absolute atomic E-state index is 0.0940. The van der Waals surface area contributed by atoms with Crippen molar-refractivity contribution in [2.45, 2.75) is 39.0 Å². The maximum absolute atomic E-state index is 13.0. The number of nitrogens with one attached hydrogen (secondary N) is 3. The van der Waals surface area contributed by atoms with Crippen LogP contribution < -0.4 is 16.2 Å². The van der Waals surface area contributed by atoms with Crippen LogP contribution >= 0.6 is 0 Å². The molecule has 2 aromatic rings. The highest BCUT2D eigenvalue weighted by Gasteiger charge is 2.31. The van der Waals surface area contributed by atoms with Crippen molar-refractivity contribution in [3.63, 3.8) is 0 Å². The van der Waals surface area contributed by atoms with E-state index in [1.54, 1.807) is 0 Å². The summed E-state index contributed by atoms with van der Waals surface area (Å²) in [6, 6.07) is 11.8. The smallest absolute Gasteiger partial charge is 0.261 e. The van der Waals surface area contributed by atoms with Crippen LogP contribution in [0.3, 0.4) is 0 Å². The van der Waals surface area contributed by atoms with Crippen molar-refractivity contribution in [1.29, 1.82) is 0 Å². The fourth-order valence-electron chi connectivity index (χ4n) is 3.70. The number of rotatable bonds is 12. The third-order valence-electron chi connectivity index (χ3n) is 5.26. The van der Waals surface area contributed by atoms with E-state index in [1.807, 2.05) is 36.4 Å². The second kappa shape index (κ2) is 11.0. The van der Waals surface area contributed by atoms with Crippen molar-refractivity contribution in [2.75, 3.05) is 32.7 Å². The van der Waals surface area contributed by atoms with Gasteiger partial charge in [-0.3, -0.25) is 25.3 Å². The zero-order chi connectivity index (χ0) is 20.5. The van der Waals surface area contributed by atoms with Crippen LogP contribution in [0.2, 0.25) is 0 Å². The van der Waals surface area contributed by atoms with Gasteiger partial charge in [0.15, 0.2) is 0 Å². The molecule has 29 heavy (non-hydrogen) atoms. The van der Waals surface area contributed by atoms with Gasteiger partial charge in [-0.15, -0.1) is 0 Å². The molecule has 0 fully saturated rings. The predicted molar refractivity (Wildman–Crippen MR) is 117 cm³/mol. The van der Waals surface area contributed by atoms with Gasteiger partial charge in [-0.2, -0.15) is 0 Å². The maximum atomic E-state index is 13.0. The van der Waals surface area contributed by atoms with Crippen molar-refractivity contribution >= 4 is 22.6 Å². The molecule has 0 atom stereocenters. The molecule has 3 N–H and O–H groups in total. The first-order valence-corrected chi connectivity index (χ1v) is 10.7. The highest BCUT2D eigenvalue weighted by Crippen LogP contribution is 2.28. The number of benzene rings is 2. The number of carbonyl (C=O) groups excluding carboxylic acids is 2. The zero-order valence-corrected chi connectivity index (χ0v) is 17.3. The van der Waals surface area contributed by atoms with E-state index in [1.165, 1.54) is 4.90 Å². The first kappa shape index (κ1) is 21.4. The Balaban J connectivity index is 1.43. The highest BCUT2D eigenvalue weighted by molar-refractivity contribution is 6.16. The number of imide groups is 1. The molecule has 0 aromatic heterocycles. The van der Waals surface area contributed by atoms with Gasteiger partial charge in [0.1, 0.15) is 0 Å². The number of fused-ring (bicyclic) bond motifs is 3. The van der Waals surface area contributed by atoms with E-state index in [9.17, 15) is 9.59 Å². The van der Waals surface area contributed by atoms with Crippen LogP contribution in [0.5, 0.6) is 0 Å². The minimum Gasteiger partial charge on any atom is -0.317 e. The molecule has 6 heteroatoms. The van der Waals surface area contributed by atoms with Crippen molar-refractivity contribution in [1.82, 2.24) is 21.1 Å². The Morgan fingerprint density at radius 2 is 1.66 bits per heavy atom. The number of unbranched alkanes of at least 4 members (excludes halogenated alkanes) is 1. The third kappa shape index (κ3) is 5.63. The Hall–Kier alpha value is -2.28. The Labute approximate surface area is 173 Å². The normalized spacial score (nSPS) is 13.9. The molecule has 0 spiro atoms. The second-order valence-electron chi connectivity index (χ2n) is 7.51. The van der Waals surface area contributed by atoms with E-state index >= 15 is 0 Å². The molecule has 3 rings (SSSR count). The highest BCUT2D eigenvalue weighted by atomic mass is 16.2. The number of hydrazine groups is 1. The summed E-state index contributed by atoms with van der Waals surface area (Å²) >= 11 is 0. The van der Waals surface area contributed by atoms with Gasteiger partial charge in [-0.1, -0.05) is 43.3 Å². The molecule has 0 aliphatic carbocycles. The number of carbonyl (C=O) groups is 2. The number of hydrogen-bond acceptors (Lipinski definition) is 5. The van der Waals surface area contributed by atoms with Gasteiger partial charge >= 0.3 is 0 Å². The van der Waals surface area contributed by atoms with Gasteiger partial charge in [-0.25, -0.2) is 0 Å². The van der Waals surface area contributed by atoms with E-state index < -0.39 is 0 Å². The van der Waals surface area contributed by atoms with Gasteiger partial charge in [0, 0.05) is 19.6 Å². The van der Waals surface area contributed by atoms with Crippen LogP contribution in [0.1, 0.15) is 48.5 Å². The molecule has 1 aliphatic rings. The third-order valence-corrected chi connectivity index (χ3v) is 5.26. The summed E-state index contributed by atoms with van der Waals surface area (Å²) in [4.78, 5) is 26.9. The molecule has 2 aromatic carbocycles. The van der Waals surface area contributed by atoms with Crippen molar-refractivity contribution in [3.8, 4) is 0 Å². The molecule has 2 amide bonds. The van der Waals surface area contributed by atoms with E-state index in [-0.39, 0.29) is 11.8 Å². The molecular formula is C23H32N4O2. The van der Waals surface area contributed by atoms with Gasteiger partial charge in [0.25, 0.3) is 5.91 Å². The summed E-state index contributed by atoms with van der Waals surface area (Å²) in [6.07, 6.45) is 4.41. The first-order chi connectivity index (χ1) is 14.2. The molecule has 0 saturated heterocycles. The molecule has 0 saturated carbocycles. The van der Waals surface area contributed by atoms with Gasteiger partial charge < -0.3 is 5.32 Å². The second-order valence-corrected chi connectivity index (χ2v) is 7.51. The van der Waals surface area contributed by atoms with Gasteiger partial charge in [0.2, 0.25) is 5.91 Å².